The molecule has 2 heterocycles. The molecule has 3 rings (SSSR count). The highest BCUT2D eigenvalue weighted by molar-refractivity contribution is 7.11. The van der Waals surface area contributed by atoms with E-state index in [1.807, 2.05) is 13.8 Å². The van der Waals surface area contributed by atoms with Crippen molar-refractivity contribution in [2.75, 3.05) is 13.1 Å². The molecule has 8 nitrogen and oxygen atoms in total. The second kappa shape index (κ2) is 9.77. The number of carbonyl (C=O) groups excluding carboxylic acids is 3. The molecule has 2 aliphatic rings. The van der Waals surface area contributed by atoms with Crippen molar-refractivity contribution in [2.24, 2.45) is 11.8 Å². The highest BCUT2D eigenvalue weighted by Crippen LogP contribution is 2.32. The van der Waals surface area contributed by atoms with E-state index in [9.17, 15) is 19.6 Å². The van der Waals surface area contributed by atoms with Gasteiger partial charge in [-0.05, 0) is 32.6 Å². The van der Waals surface area contributed by atoms with E-state index in [4.69, 9.17) is 0 Å². The molecule has 1 aromatic heterocycles. The third-order valence-corrected chi connectivity index (χ3v) is 7.06. The van der Waals surface area contributed by atoms with Gasteiger partial charge in [0.15, 0.2) is 5.78 Å². The second-order valence-corrected chi connectivity index (χ2v) is 9.41. The number of hydrogen-bond acceptors (Lipinski definition) is 7. The van der Waals surface area contributed by atoms with Gasteiger partial charge >= 0.3 is 0 Å². The van der Waals surface area contributed by atoms with Gasteiger partial charge in [-0.15, -0.1) is 11.3 Å². The minimum Gasteiger partial charge on any atom is -0.297 e. The lowest BCUT2D eigenvalue weighted by Gasteiger charge is -2.29. The largest absolute Gasteiger partial charge is 0.297 e. The summed E-state index contributed by atoms with van der Waals surface area (Å²) < 4.78 is 0. The average molecular weight is 423 g/mol. The molecule has 2 fully saturated rings. The SMILES string of the molecule is Cc1nc(CC(=O)[C@@H]2CCNN2C(=O)[C@H](CC2CCCC2)CN(O)C=O)sc1C. The molecular weight excluding hydrogens is 392 g/mol. The van der Waals surface area contributed by atoms with Crippen molar-refractivity contribution in [2.45, 2.75) is 64.8 Å². The Bertz CT molecular complexity index is 727. The van der Waals surface area contributed by atoms with Gasteiger partial charge in [0.25, 0.3) is 0 Å². The Morgan fingerprint density at radius 3 is 2.69 bits per heavy atom. The van der Waals surface area contributed by atoms with Crippen molar-refractivity contribution in [3.63, 3.8) is 0 Å². The van der Waals surface area contributed by atoms with Gasteiger partial charge in [0.05, 0.1) is 24.6 Å². The van der Waals surface area contributed by atoms with E-state index in [-0.39, 0.29) is 24.7 Å². The Morgan fingerprint density at radius 1 is 1.34 bits per heavy atom. The van der Waals surface area contributed by atoms with E-state index < -0.39 is 12.0 Å². The predicted octanol–water partition coefficient (Wildman–Crippen LogP) is 2.02. The number of nitrogens with zero attached hydrogens (tertiary/aromatic N) is 3. The summed E-state index contributed by atoms with van der Waals surface area (Å²) >= 11 is 1.52. The molecule has 1 aromatic rings. The average Bonchev–Trinajstić information content (AvgIpc) is 3.43. The molecule has 9 heteroatoms. The molecule has 160 valence electrons. The minimum absolute atomic E-state index is 0.0343. The van der Waals surface area contributed by atoms with Crippen molar-refractivity contribution in [3.8, 4) is 0 Å². The number of Topliss-reactive ketones (excluding diaryl/α,β-unsaturated/α-hetero) is 1. The quantitative estimate of drug-likeness (QED) is 0.359. The smallest absolute Gasteiger partial charge is 0.242 e. The molecule has 2 atom stereocenters. The zero-order valence-electron chi connectivity index (χ0n) is 17.1. The Kier molecular flexibility index (Phi) is 7.37. The maximum absolute atomic E-state index is 13.3. The number of thiazole rings is 1. The van der Waals surface area contributed by atoms with E-state index in [2.05, 4.69) is 10.4 Å². The van der Waals surface area contributed by atoms with Crippen molar-refractivity contribution in [3.05, 3.63) is 15.6 Å². The van der Waals surface area contributed by atoms with Crippen LogP contribution in [-0.4, -0.2) is 57.5 Å². The van der Waals surface area contributed by atoms with E-state index in [1.165, 1.54) is 16.3 Å². The number of ketones is 1. The van der Waals surface area contributed by atoms with Crippen LogP contribution in [0, 0.1) is 25.7 Å². The first-order chi connectivity index (χ1) is 13.9. The van der Waals surface area contributed by atoms with Gasteiger partial charge in [0.1, 0.15) is 11.0 Å². The fraction of sp³-hybridized carbons (Fsp3) is 0.700. The lowest BCUT2D eigenvalue weighted by molar-refractivity contribution is -0.159. The van der Waals surface area contributed by atoms with Crippen LogP contribution < -0.4 is 5.43 Å². The van der Waals surface area contributed by atoms with Crippen LogP contribution in [-0.2, 0) is 20.8 Å². The third kappa shape index (κ3) is 5.40. The Hall–Kier alpha value is -1.84. The third-order valence-electron chi connectivity index (χ3n) is 5.99. The number of aromatic nitrogens is 1. The van der Waals surface area contributed by atoms with Crippen LogP contribution in [0.4, 0.5) is 0 Å². The molecule has 0 spiro atoms. The van der Waals surface area contributed by atoms with Crippen LogP contribution in [0.3, 0.4) is 0 Å². The van der Waals surface area contributed by atoms with Gasteiger partial charge < -0.3 is 0 Å². The van der Waals surface area contributed by atoms with Crippen LogP contribution in [0.5, 0.6) is 0 Å². The molecule has 0 unspecified atom stereocenters. The summed E-state index contributed by atoms with van der Waals surface area (Å²) in [5, 5.41) is 12.4. The molecule has 1 saturated carbocycles. The van der Waals surface area contributed by atoms with Crippen molar-refractivity contribution in [1.29, 1.82) is 0 Å². The Morgan fingerprint density at radius 2 is 2.07 bits per heavy atom. The molecule has 0 bridgehead atoms. The summed E-state index contributed by atoms with van der Waals surface area (Å²) in [6.07, 6.45) is 6.14. The van der Waals surface area contributed by atoms with Gasteiger partial charge in [-0.25, -0.2) is 15.5 Å². The van der Waals surface area contributed by atoms with Gasteiger partial charge in [-0.2, -0.15) is 0 Å². The molecular formula is C20H30N4O4S. The zero-order valence-corrected chi connectivity index (χ0v) is 17.9. The normalized spacial score (nSPS) is 20.8. The molecule has 1 aliphatic heterocycles. The molecule has 1 saturated heterocycles. The number of hydroxylamine groups is 2. The van der Waals surface area contributed by atoms with Crippen LogP contribution >= 0.6 is 11.3 Å². The van der Waals surface area contributed by atoms with Gasteiger partial charge in [-0.1, -0.05) is 25.7 Å². The summed E-state index contributed by atoms with van der Waals surface area (Å²) in [5.74, 6) is -0.367. The summed E-state index contributed by atoms with van der Waals surface area (Å²) in [5.41, 5.74) is 3.98. The van der Waals surface area contributed by atoms with E-state index in [0.29, 0.717) is 36.8 Å². The topological polar surface area (TPSA) is 103 Å². The zero-order chi connectivity index (χ0) is 21.0. The van der Waals surface area contributed by atoms with Crippen molar-refractivity contribution in [1.82, 2.24) is 20.5 Å². The van der Waals surface area contributed by atoms with Crippen LogP contribution in [0.25, 0.3) is 0 Å². The highest BCUT2D eigenvalue weighted by Gasteiger charge is 2.38. The number of nitrogens with one attached hydrogen (secondary N) is 1. The first kappa shape index (κ1) is 21.9. The van der Waals surface area contributed by atoms with E-state index >= 15 is 0 Å². The number of carbonyl (C=O) groups is 3. The molecule has 2 N–H and O–H groups in total. The number of hydrazine groups is 1. The Labute approximate surface area is 175 Å². The van der Waals surface area contributed by atoms with Crippen molar-refractivity contribution < 1.29 is 19.6 Å². The van der Waals surface area contributed by atoms with Crippen molar-refractivity contribution >= 4 is 29.4 Å². The summed E-state index contributed by atoms with van der Waals surface area (Å²) in [6, 6.07) is -0.540. The first-order valence-electron chi connectivity index (χ1n) is 10.3. The fourth-order valence-corrected chi connectivity index (χ4v) is 5.29. The van der Waals surface area contributed by atoms with Gasteiger partial charge in [0.2, 0.25) is 12.3 Å². The molecule has 1 aliphatic carbocycles. The van der Waals surface area contributed by atoms with E-state index in [0.717, 1.165) is 41.3 Å². The van der Waals surface area contributed by atoms with E-state index in [1.54, 1.807) is 0 Å². The monoisotopic (exact) mass is 422 g/mol. The maximum atomic E-state index is 13.3. The maximum Gasteiger partial charge on any atom is 0.242 e. The molecule has 29 heavy (non-hydrogen) atoms. The lowest BCUT2D eigenvalue weighted by Crippen LogP contribution is -2.50. The van der Waals surface area contributed by atoms with Gasteiger partial charge in [0, 0.05) is 11.4 Å². The minimum atomic E-state index is -0.540. The summed E-state index contributed by atoms with van der Waals surface area (Å²) in [6.45, 7) is 4.40. The number of amides is 2. The molecule has 0 radical (unpaired) electrons. The molecule has 2 amide bonds. The number of aryl methyl sites for hydroxylation is 2. The highest BCUT2D eigenvalue weighted by atomic mass is 32.1. The van der Waals surface area contributed by atoms with Gasteiger partial charge in [-0.3, -0.25) is 24.6 Å². The first-order valence-corrected chi connectivity index (χ1v) is 11.1. The van der Waals surface area contributed by atoms with Crippen LogP contribution in [0.1, 0.15) is 54.1 Å². The number of rotatable bonds is 9. The molecule has 0 aromatic carbocycles. The number of hydrogen-bond donors (Lipinski definition) is 2. The standard InChI is InChI=1S/C20H30N4O4S/c1-13-14(2)29-19(22-13)10-18(26)17-7-8-21-24(17)20(27)16(11-23(28)12-25)9-15-5-3-4-6-15/h12,15-17,21,28H,3-11H2,1-2H3/t16-,17+/m1/s1. The Balaban J connectivity index is 1.69. The summed E-state index contributed by atoms with van der Waals surface area (Å²) in [7, 11) is 0. The predicted molar refractivity (Wildman–Crippen MR) is 108 cm³/mol. The fourth-order valence-electron chi connectivity index (χ4n) is 4.35. The van der Waals surface area contributed by atoms with Crippen LogP contribution in [0.2, 0.25) is 0 Å². The summed E-state index contributed by atoms with van der Waals surface area (Å²) in [4.78, 5) is 42.6. The second-order valence-electron chi connectivity index (χ2n) is 8.12. The lowest BCUT2D eigenvalue weighted by atomic mass is 9.91. The van der Waals surface area contributed by atoms with Crippen LogP contribution in [0.15, 0.2) is 0 Å².